The molecule has 2 rings (SSSR count). The number of fused-ring (bicyclic) bond motifs is 1. The third-order valence-corrected chi connectivity index (χ3v) is 2.35. The van der Waals surface area contributed by atoms with Gasteiger partial charge in [0.2, 0.25) is 11.6 Å². The first-order chi connectivity index (χ1) is 7.15. The fraction of sp³-hybridized carbons (Fsp3) is 0.200. The molecule has 1 aliphatic rings. The number of nitrogens with two attached hydrogens (primary N) is 1. The quantitative estimate of drug-likeness (QED) is 0.662. The average Bonchev–Trinajstić information content (AvgIpc) is 2.60. The molecule has 0 saturated carbocycles. The Morgan fingerprint density at radius 3 is 2.69 bits per heavy atom. The number of carbonyl (C=O) groups is 2. The average molecular weight is 243 g/mol. The van der Waals surface area contributed by atoms with Crippen LogP contribution in [0.15, 0.2) is 12.3 Å². The van der Waals surface area contributed by atoms with Crippen molar-refractivity contribution in [2.45, 2.75) is 6.42 Å². The first-order valence-electron chi connectivity index (χ1n) is 4.55. The second-order valence-corrected chi connectivity index (χ2v) is 3.33. The van der Waals surface area contributed by atoms with Crippen LogP contribution in [0, 0.1) is 0 Å². The van der Waals surface area contributed by atoms with Gasteiger partial charge in [-0.2, -0.15) is 0 Å². The Bertz CT molecular complexity index is 476. The van der Waals surface area contributed by atoms with E-state index in [2.05, 4.69) is 4.98 Å². The van der Waals surface area contributed by atoms with E-state index < -0.39 is 11.6 Å². The van der Waals surface area contributed by atoms with E-state index in [1.807, 2.05) is 0 Å². The summed E-state index contributed by atoms with van der Waals surface area (Å²) in [5.41, 5.74) is 6.62. The number of rotatable bonds is 2. The summed E-state index contributed by atoms with van der Waals surface area (Å²) in [6.07, 6.45) is 3.02. The molecule has 0 bridgehead atoms. The molecule has 1 aromatic rings. The van der Waals surface area contributed by atoms with E-state index in [0.717, 1.165) is 6.08 Å². The number of aliphatic hydroxyl groups excluding tert-OH is 1. The van der Waals surface area contributed by atoms with E-state index in [4.69, 9.17) is 5.73 Å². The zero-order valence-electron chi connectivity index (χ0n) is 8.32. The zero-order valence-corrected chi connectivity index (χ0v) is 9.13. The number of H-pyrrole nitrogens is 1. The zero-order chi connectivity index (χ0) is 11.0. The van der Waals surface area contributed by atoms with Gasteiger partial charge in [-0.25, -0.2) is 0 Å². The lowest BCUT2D eigenvalue weighted by Gasteiger charge is -2.08. The summed E-state index contributed by atoms with van der Waals surface area (Å²) in [5, 5.41) is 9.46. The molecule has 1 heterocycles. The van der Waals surface area contributed by atoms with Crippen LogP contribution in [0.4, 0.5) is 0 Å². The predicted octanol–water partition coefficient (Wildman–Crippen LogP) is 0.602. The third kappa shape index (κ3) is 1.75. The lowest BCUT2D eigenvalue weighted by atomic mass is 9.95. The van der Waals surface area contributed by atoms with Crippen LogP contribution in [0.2, 0.25) is 0 Å². The van der Waals surface area contributed by atoms with Crippen LogP contribution in [-0.2, 0) is 11.2 Å². The normalized spacial score (nSPS) is 14.2. The van der Waals surface area contributed by atoms with E-state index in [9.17, 15) is 14.7 Å². The number of aromatic nitrogens is 1. The number of aromatic amines is 1. The van der Waals surface area contributed by atoms with Crippen molar-refractivity contribution in [1.82, 2.24) is 4.98 Å². The molecule has 0 amide bonds. The maximum Gasteiger partial charge on any atom is 0.235 e. The van der Waals surface area contributed by atoms with Crippen molar-refractivity contribution >= 4 is 29.7 Å². The first-order valence-corrected chi connectivity index (χ1v) is 4.55. The van der Waals surface area contributed by atoms with Gasteiger partial charge in [0.15, 0.2) is 0 Å². The van der Waals surface area contributed by atoms with Crippen molar-refractivity contribution < 1.29 is 14.7 Å². The van der Waals surface area contributed by atoms with Crippen molar-refractivity contribution in [1.29, 1.82) is 0 Å². The second-order valence-electron chi connectivity index (χ2n) is 3.33. The number of ketones is 2. The number of carbonyl (C=O) groups excluding carboxylic acids is 2. The Hall–Kier alpha value is -1.59. The summed E-state index contributed by atoms with van der Waals surface area (Å²) in [4.78, 5) is 25.5. The molecule has 6 heteroatoms. The SMILES string of the molecule is Cl.NCCc1c[nH]c2c1C(=O)C(=O)C=C2O. The smallest absolute Gasteiger partial charge is 0.235 e. The van der Waals surface area contributed by atoms with Gasteiger partial charge >= 0.3 is 0 Å². The molecule has 0 radical (unpaired) electrons. The van der Waals surface area contributed by atoms with Gasteiger partial charge in [0, 0.05) is 12.3 Å². The molecule has 16 heavy (non-hydrogen) atoms. The van der Waals surface area contributed by atoms with Crippen molar-refractivity contribution in [3.8, 4) is 0 Å². The second kappa shape index (κ2) is 4.51. The minimum atomic E-state index is -0.696. The van der Waals surface area contributed by atoms with Gasteiger partial charge in [0.1, 0.15) is 5.76 Å². The summed E-state index contributed by atoms with van der Waals surface area (Å²) in [5.74, 6) is -1.48. The molecule has 0 aliphatic heterocycles. The summed E-state index contributed by atoms with van der Waals surface area (Å²) in [7, 11) is 0. The third-order valence-electron chi connectivity index (χ3n) is 2.35. The number of allylic oxidation sites excluding steroid dienone is 1. The predicted molar refractivity (Wildman–Crippen MR) is 60.7 cm³/mol. The van der Waals surface area contributed by atoms with Gasteiger partial charge in [0.05, 0.1) is 11.3 Å². The monoisotopic (exact) mass is 242 g/mol. The van der Waals surface area contributed by atoms with E-state index in [0.29, 0.717) is 24.2 Å². The van der Waals surface area contributed by atoms with Crippen LogP contribution in [0.25, 0.3) is 5.76 Å². The molecule has 1 aromatic heterocycles. The molecule has 0 aromatic carbocycles. The fourth-order valence-corrected chi connectivity index (χ4v) is 1.66. The largest absolute Gasteiger partial charge is 0.506 e. The molecule has 1 aliphatic carbocycles. The van der Waals surface area contributed by atoms with Gasteiger partial charge in [-0.15, -0.1) is 12.4 Å². The van der Waals surface area contributed by atoms with Crippen LogP contribution in [0.3, 0.4) is 0 Å². The minimum absolute atomic E-state index is 0. The minimum Gasteiger partial charge on any atom is -0.506 e. The highest BCUT2D eigenvalue weighted by atomic mass is 35.5. The Morgan fingerprint density at radius 2 is 2.06 bits per heavy atom. The summed E-state index contributed by atoms with van der Waals surface area (Å²) in [6, 6.07) is 0. The van der Waals surface area contributed by atoms with Gasteiger partial charge in [-0.05, 0) is 18.5 Å². The molecular formula is C10H11ClN2O3. The van der Waals surface area contributed by atoms with Crippen LogP contribution in [0.1, 0.15) is 21.6 Å². The Morgan fingerprint density at radius 1 is 1.38 bits per heavy atom. The first kappa shape index (κ1) is 12.5. The summed E-state index contributed by atoms with van der Waals surface area (Å²) >= 11 is 0. The molecule has 0 saturated heterocycles. The molecule has 5 nitrogen and oxygen atoms in total. The van der Waals surface area contributed by atoms with Gasteiger partial charge < -0.3 is 15.8 Å². The van der Waals surface area contributed by atoms with Crippen LogP contribution < -0.4 is 5.73 Å². The standard InChI is InChI=1S/C10H10N2O3.ClH/c11-2-1-5-4-12-9-6(13)3-7(14)10(15)8(5)9;/h3-4,12-13H,1-2,11H2;1H. The molecule has 0 fully saturated rings. The van der Waals surface area contributed by atoms with Gasteiger partial charge in [-0.1, -0.05) is 0 Å². The van der Waals surface area contributed by atoms with Gasteiger partial charge in [0.25, 0.3) is 0 Å². The number of aliphatic hydroxyl groups is 1. The lowest BCUT2D eigenvalue weighted by Crippen LogP contribution is -2.19. The molecule has 4 N–H and O–H groups in total. The molecule has 86 valence electrons. The van der Waals surface area contributed by atoms with Crippen molar-refractivity contribution in [2.24, 2.45) is 5.73 Å². The number of Topliss-reactive ketones (excluding diaryl/α,β-unsaturated/α-hetero) is 1. The topological polar surface area (TPSA) is 96.2 Å². The van der Waals surface area contributed by atoms with Crippen LogP contribution in [0.5, 0.6) is 0 Å². The van der Waals surface area contributed by atoms with Crippen molar-refractivity contribution in [3.63, 3.8) is 0 Å². The van der Waals surface area contributed by atoms with E-state index >= 15 is 0 Å². The van der Waals surface area contributed by atoms with Crippen LogP contribution in [-0.4, -0.2) is 28.2 Å². The maximum atomic E-state index is 11.6. The van der Waals surface area contributed by atoms with E-state index in [1.54, 1.807) is 6.20 Å². The van der Waals surface area contributed by atoms with Crippen molar-refractivity contribution in [3.05, 3.63) is 29.1 Å². The maximum absolute atomic E-state index is 11.6. The highest BCUT2D eigenvalue weighted by molar-refractivity contribution is 6.50. The number of hydrogen-bond donors (Lipinski definition) is 3. The van der Waals surface area contributed by atoms with Crippen LogP contribution >= 0.6 is 12.4 Å². The van der Waals surface area contributed by atoms with E-state index in [-0.39, 0.29) is 23.7 Å². The van der Waals surface area contributed by atoms with Gasteiger partial charge in [-0.3, -0.25) is 9.59 Å². The summed E-state index contributed by atoms with van der Waals surface area (Å²) in [6.45, 7) is 0.385. The molecule has 0 spiro atoms. The Labute approximate surface area is 97.7 Å². The highest BCUT2D eigenvalue weighted by Gasteiger charge is 2.29. The molecular weight excluding hydrogens is 232 g/mol. The Kier molecular flexibility index (Phi) is 3.51. The fourth-order valence-electron chi connectivity index (χ4n) is 1.66. The number of hydrogen-bond acceptors (Lipinski definition) is 4. The highest BCUT2D eigenvalue weighted by Crippen LogP contribution is 2.25. The van der Waals surface area contributed by atoms with E-state index in [1.165, 1.54) is 0 Å². The Balaban J connectivity index is 0.00000128. The van der Waals surface area contributed by atoms with Crippen molar-refractivity contribution in [2.75, 3.05) is 6.54 Å². The lowest BCUT2D eigenvalue weighted by molar-refractivity contribution is -0.111. The molecule has 0 atom stereocenters. The summed E-state index contributed by atoms with van der Waals surface area (Å²) < 4.78 is 0. The number of halogens is 1. The number of nitrogens with one attached hydrogen (secondary N) is 1. The molecule has 0 unspecified atom stereocenters.